The fraction of sp³-hybridized carbons (Fsp3) is 0.800. The molecule has 0 spiro atoms. The number of nitriles is 1. The maximum atomic E-state index is 10.7. The van der Waals surface area contributed by atoms with Gasteiger partial charge in [0.1, 0.15) is 0 Å². The van der Waals surface area contributed by atoms with Gasteiger partial charge in [0, 0.05) is 6.54 Å². The third kappa shape index (κ3) is 9.09. The van der Waals surface area contributed by atoms with Gasteiger partial charge in [0.2, 0.25) is 0 Å². The van der Waals surface area contributed by atoms with Crippen molar-refractivity contribution in [2.45, 2.75) is 6.42 Å². The molecule has 2 N–H and O–H groups in total. The SMILES string of the molecule is N#CCCOS(=O)(=O)CCN.[KH]. The molecular weight excluding hydrogens is 207 g/mol. The van der Waals surface area contributed by atoms with Gasteiger partial charge in [-0.1, -0.05) is 0 Å². The fourth-order valence-corrected chi connectivity index (χ4v) is 1.16. The first kappa shape index (κ1) is 15.5. The van der Waals surface area contributed by atoms with Crippen LogP contribution in [0.3, 0.4) is 0 Å². The second-order valence-electron chi connectivity index (χ2n) is 1.78. The van der Waals surface area contributed by atoms with Crippen LogP contribution in [0.1, 0.15) is 6.42 Å². The van der Waals surface area contributed by atoms with Crippen LogP contribution in [0, 0.1) is 11.3 Å². The molecule has 0 aromatic heterocycles. The average Bonchev–Trinajstić information content (AvgIpc) is 1.87. The van der Waals surface area contributed by atoms with E-state index in [2.05, 4.69) is 4.18 Å². The van der Waals surface area contributed by atoms with Crippen molar-refractivity contribution in [1.29, 1.82) is 5.26 Å². The predicted molar refractivity (Wildman–Crippen MR) is 46.2 cm³/mol. The Morgan fingerprint density at radius 1 is 1.50 bits per heavy atom. The van der Waals surface area contributed by atoms with Gasteiger partial charge in [0.25, 0.3) is 10.1 Å². The summed E-state index contributed by atoms with van der Waals surface area (Å²) in [6.45, 7) is -0.0479. The Kier molecular flexibility index (Phi) is 11.1. The Bertz CT molecular complexity index is 234. The Morgan fingerprint density at radius 3 is 2.50 bits per heavy atom. The van der Waals surface area contributed by atoms with Crippen molar-refractivity contribution in [3.63, 3.8) is 0 Å². The van der Waals surface area contributed by atoms with Gasteiger partial charge in [-0.3, -0.25) is 4.18 Å². The van der Waals surface area contributed by atoms with Gasteiger partial charge in [0.15, 0.2) is 0 Å². The minimum absolute atomic E-state index is 0. The summed E-state index contributed by atoms with van der Waals surface area (Å²) >= 11 is 0. The summed E-state index contributed by atoms with van der Waals surface area (Å²) in [5.41, 5.74) is 4.99. The molecular formula is C5H11KN2O3S. The molecule has 0 bridgehead atoms. The van der Waals surface area contributed by atoms with Crippen molar-refractivity contribution in [1.82, 2.24) is 0 Å². The van der Waals surface area contributed by atoms with E-state index in [0.717, 1.165) is 0 Å². The molecule has 0 amide bonds. The average molecular weight is 218 g/mol. The van der Waals surface area contributed by atoms with Gasteiger partial charge in [-0.05, 0) is 0 Å². The Balaban J connectivity index is 0. The van der Waals surface area contributed by atoms with Gasteiger partial charge in [-0.2, -0.15) is 13.7 Å². The Morgan fingerprint density at radius 2 is 2.08 bits per heavy atom. The van der Waals surface area contributed by atoms with Crippen LogP contribution in [0.5, 0.6) is 0 Å². The van der Waals surface area contributed by atoms with Crippen LogP contribution in [0.2, 0.25) is 0 Å². The molecule has 0 saturated heterocycles. The third-order valence-electron chi connectivity index (χ3n) is 0.845. The van der Waals surface area contributed by atoms with Crippen LogP contribution in [0.4, 0.5) is 0 Å². The maximum absolute atomic E-state index is 10.7. The minimum atomic E-state index is -3.48. The van der Waals surface area contributed by atoms with Crippen LogP contribution in [-0.2, 0) is 14.3 Å². The molecule has 66 valence electrons. The van der Waals surface area contributed by atoms with Gasteiger partial charge in [-0.15, -0.1) is 0 Å². The van der Waals surface area contributed by atoms with Crippen molar-refractivity contribution in [2.75, 3.05) is 18.9 Å². The van der Waals surface area contributed by atoms with Gasteiger partial charge < -0.3 is 5.73 Å². The van der Waals surface area contributed by atoms with E-state index in [0.29, 0.717) is 0 Å². The molecule has 0 aliphatic rings. The van der Waals surface area contributed by atoms with Crippen LogP contribution >= 0.6 is 0 Å². The summed E-state index contributed by atoms with van der Waals surface area (Å²) in [7, 11) is -3.48. The summed E-state index contributed by atoms with van der Waals surface area (Å²) in [6, 6.07) is 1.76. The standard InChI is InChI=1S/C5H10N2O3S.K.H/c6-2-1-4-10-11(8,9)5-3-7;;/h1,3-5,7H2;;. The first-order valence-corrected chi connectivity index (χ1v) is 4.64. The van der Waals surface area contributed by atoms with Crippen molar-refractivity contribution >= 4 is 61.5 Å². The molecule has 12 heavy (non-hydrogen) atoms. The van der Waals surface area contributed by atoms with E-state index in [9.17, 15) is 8.42 Å². The molecule has 0 radical (unpaired) electrons. The fourth-order valence-electron chi connectivity index (χ4n) is 0.418. The zero-order valence-electron chi connectivity index (χ0n) is 5.99. The van der Waals surface area contributed by atoms with Gasteiger partial charge >= 0.3 is 51.4 Å². The van der Waals surface area contributed by atoms with E-state index in [1.54, 1.807) is 6.07 Å². The predicted octanol–water partition coefficient (Wildman–Crippen LogP) is -1.44. The summed E-state index contributed by atoms with van der Waals surface area (Å²) in [6.07, 6.45) is 0.0732. The molecule has 0 saturated carbocycles. The molecule has 0 aliphatic carbocycles. The van der Waals surface area contributed by atoms with E-state index < -0.39 is 10.1 Å². The number of hydrogen-bond acceptors (Lipinski definition) is 5. The second-order valence-corrected chi connectivity index (χ2v) is 3.54. The molecule has 0 aromatic carbocycles. The zero-order chi connectivity index (χ0) is 8.74. The topological polar surface area (TPSA) is 93.2 Å². The molecule has 0 rings (SSSR count). The molecule has 0 aliphatic heterocycles. The number of rotatable bonds is 5. The first-order valence-electron chi connectivity index (χ1n) is 3.06. The molecule has 0 fully saturated rings. The number of nitrogens with two attached hydrogens (primary N) is 1. The summed E-state index contributed by atoms with van der Waals surface area (Å²) < 4.78 is 25.8. The van der Waals surface area contributed by atoms with Gasteiger partial charge in [-0.25, -0.2) is 0 Å². The zero-order valence-corrected chi connectivity index (χ0v) is 6.80. The third-order valence-corrected chi connectivity index (χ3v) is 2.11. The van der Waals surface area contributed by atoms with Crippen molar-refractivity contribution in [2.24, 2.45) is 5.73 Å². The molecule has 0 atom stereocenters. The monoisotopic (exact) mass is 218 g/mol. The molecule has 0 aromatic rings. The van der Waals surface area contributed by atoms with E-state index >= 15 is 0 Å². The quantitative estimate of drug-likeness (QED) is 0.346. The normalized spacial score (nSPS) is 10.0. The summed E-state index contributed by atoms with van der Waals surface area (Å²) in [5, 5.41) is 8.04. The second kappa shape index (κ2) is 8.59. The van der Waals surface area contributed by atoms with Crippen molar-refractivity contribution in [3.8, 4) is 6.07 Å². The van der Waals surface area contributed by atoms with E-state index in [4.69, 9.17) is 11.0 Å². The van der Waals surface area contributed by atoms with Crippen LogP contribution < -0.4 is 5.73 Å². The van der Waals surface area contributed by atoms with E-state index in [1.807, 2.05) is 0 Å². The van der Waals surface area contributed by atoms with Crippen molar-refractivity contribution < 1.29 is 12.6 Å². The van der Waals surface area contributed by atoms with Gasteiger partial charge in [0.05, 0.1) is 24.8 Å². The molecule has 0 unspecified atom stereocenters. The molecule has 0 heterocycles. The van der Waals surface area contributed by atoms with Crippen LogP contribution in [-0.4, -0.2) is 78.7 Å². The first-order chi connectivity index (χ1) is 5.12. The van der Waals surface area contributed by atoms with Crippen LogP contribution in [0.15, 0.2) is 0 Å². The Hall–Kier alpha value is 0.996. The van der Waals surface area contributed by atoms with E-state index in [1.165, 1.54) is 0 Å². The molecule has 7 heteroatoms. The van der Waals surface area contributed by atoms with E-state index in [-0.39, 0.29) is 76.7 Å². The summed E-state index contributed by atoms with van der Waals surface area (Å²) in [5.74, 6) is -0.196. The van der Waals surface area contributed by atoms with Crippen molar-refractivity contribution in [3.05, 3.63) is 0 Å². The number of hydrogen-bond donors (Lipinski definition) is 1. The Labute approximate surface area is 115 Å². The molecule has 5 nitrogen and oxygen atoms in total. The number of nitrogens with zero attached hydrogens (tertiary/aromatic N) is 1. The van der Waals surface area contributed by atoms with Crippen LogP contribution in [0.25, 0.3) is 0 Å². The summed E-state index contributed by atoms with van der Waals surface area (Å²) in [4.78, 5) is 0.